The van der Waals surface area contributed by atoms with Gasteiger partial charge in [0.15, 0.2) is 0 Å². The summed E-state index contributed by atoms with van der Waals surface area (Å²) in [6, 6.07) is 3.51. The Morgan fingerprint density at radius 2 is 2.00 bits per heavy atom. The van der Waals surface area contributed by atoms with Gasteiger partial charge in [-0.2, -0.15) is 18.3 Å². The fourth-order valence-electron chi connectivity index (χ4n) is 1.10. The number of hydrogen-bond acceptors (Lipinski definition) is 4. The van der Waals surface area contributed by atoms with Crippen LogP contribution in [0.25, 0.3) is 0 Å². The van der Waals surface area contributed by atoms with Gasteiger partial charge in [-0.3, -0.25) is 0 Å². The van der Waals surface area contributed by atoms with Crippen LogP contribution in [0.5, 0.6) is 5.88 Å². The third-order valence-corrected chi connectivity index (χ3v) is 2.02. The summed E-state index contributed by atoms with van der Waals surface area (Å²) >= 11 is 0. The molecule has 0 aliphatic carbocycles. The Kier molecular flexibility index (Phi) is 5.33. The Labute approximate surface area is 104 Å². The molecule has 4 nitrogen and oxygen atoms in total. The van der Waals surface area contributed by atoms with Crippen LogP contribution in [0.3, 0.4) is 0 Å². The smallest absolute Gasteiger partial charge is 0.392 e. The second-order valence-electron chi connectivity index (χ2n) is 4.11. The van der Waals surface area contributed by atoms with Crippen LogP contribution < -0.4 is 10.1 Å². The molecule has 102 valence electrons. The van der Waals surface area contributed by atoms with E-state index in [4.69, 9.17) is 4.74 Å². The van der Waals surface area contributed by atoms with Crippen molar-refractivity contribution in [2.75, 3.05) is 6.61 Å². The van der Waals surface area contributed by atoms with Crippen molar-refractivity contribution in [3.8, 4) is 5.88 Å². The maximum Gasteiger partial charge on any atom is 0.392 e. The van der Waals surface area contributed by atoms with E-state index in [1.807, 2.05) is 13.8 Å². The number of halogens is 3. The Hall–Kier alpha value is -1.37. The predicted octanol–water partition coefficient (Wildman–Crippen LogP) is 2.31. The zero-order chi connectivity index (χ0) is 13.6. The Morgan fingerprint density at radius 3 is 2.50 bits per heavy atom. The lowest BCUT2D eigenvalue weighted by atomic mass is 10.3. The van der Waals surface area contributed by atoms with Gasteiger partial charge in [0, 0.05) is 18.7 Å². The average Bonchev–Trinajstić information content (AvgIpc) is 2.26. The van der Waals surface area contributed by atoms with Crippen molar-refractivity contribution in [2.45, 2.75) is 39.0 Å². The van der Waals surface area contributed by atoms with Crippen molar-refractivity contribution in [1.82, 2.24) is 15.5 Å². The highest BCUT2D eigenvalue weighted by Crippen LogP contribution is 2.19. The zero-order valence-electron chi connectivity index (χ0n) is 10.3. The second-order valence-corrected chi connectivity index (χ2v) is 4.11. The van der Waals surface area contributed by atoms with E-state index in [2.05, 4.69) is 15.5 Å². The van der Waals surface area contributed by atoms with Gasteiger partial charge in [0.05, 0.1) is 18.7 Å². The van der Waals surface area contributed by atoms with Crippen LogP contribution in [0, 0.1) is 0 Å². The molecule has 1 N–H and O–H groups in total. The minimum atomic E-state index is -4.21. The molecule has 0 amide bonds. The number of alkyl halides is 3. The lowest BCUT2D eigenvalue weighted by Gasteiger charge is -2.09. The number of hydrogen-bond donors (Lipinski definition) is 1. The highest BCUT2D eigenvalue weighted by molar-refractivity contribution is 5.11. The van der Waals surface area contributed by atoms with Gasteiger partial charge in [0.25, 0.3) is 0 Å². The highest BCUT2D eigenvalue weighted by atomic mass is 19.4. The predicted molar refractivity (Wildman–Crippen MR) is 60.2 cm³/mol. The summed E-state index contributed by atoms with van der Waals surface area (Å²) in [5.41, 5.74) is 0.715. The van der Waals surface area contributed by atoms with Gasteiger partial charge in [-0.25, -0.2) is 0 Å². The Morgan fingerprint density at radius 1 is 1.28 bits per heavy atom. The summed E-state index contributed by atoms with van der Waals surface area (Å²) < 4.78 is 40.5. The topological polar surface area (TPSA) is 47.0 Å². The lowest BCUT2D eigenvalue weighted by Crippen LogP contribution is -2.22. The van der Waals surface area contributed by atoms with E-state index in [9.17, 15) is 13.2 Å². The molecule has 0 spiro atoms. The van der Waals surface area contributed by atoms with Gasteiger partial charge >= 0.3 is 6.18 Å². The van der Waals surface area contributed by atoms with Crippen molar-refractivity contribution < 1.29 is 17.9 Å². The number of aromatic nitrogens is 2. The minimum absolute atomic E-state index is 0.104. The van der Waals surface area contributed by atoms with Crippen LogP contribution in [-0.4, -0.2) is 29.0 Å². The number of nitrogens with zero attached hydrogens (tertiary/aromatic N) is 2. The number of rotatable bonds is 6. The van der Waals surface area contributed by atoms with Gasteiger partial charge in [0.2, 0.25) is 5.88 Å². The first-order valence-corrected chi connectivity index (χ1v) is 5.62. The van der Waals surface area contributed by atoms with Crippen molar-refractivity contribution >= 4 is 0 Å². The summed E-state index contributed by atoms with van der Waals surface area (Å²) in [6.07, 6.45) is -5.21. The molecule has 0 aliphatic heterocycles. The standard InChI is InChI=1S/C11H16F3N3O/c1-8(2)15-7-9-3-4-10(17-16-9)18-6-5-11(12,13)14/h3-4,8,15H,5-7H2,1-2H3. The van der Waals surface area contributed by atoms with Crippen LogP contribution in [0.1, 0.15) is 26.0 Å². The van der Waals surface area contributed by atoms with Crippen molar-refractivity contribution in [3.05, 3.63) is 17.8 Å². The molecule has 0 bridgehead atoms. The quantitative estimate of drug-likeness (QED) is 0.855. The zero-order valence-corrected chi connectivity index (χ0v) is 10.3. The van der Waals surface area contributed by atoms with Crippen LogP contribution >= 0.6 is 0 Å². The van der Waals surface area contributed by atoms with Crippen molar-refractivity contribution in [2.24, 2.45) is 0 Å². The summed E-state index contributed by atoms with van der Waals surface area (Å²) in [7, 11) is 0. The first kappa shape index (κ1) is 14.7. The number of ether oxygens (including phenoxy) is 1. The van der Waals surface area contributed by atoms with Gasteiger partial charge in [-0.1, -0.05) is 13.8 Å². The fourth-order valence-corrected chi connectivity index (χ4v) is 1.10. The average molecular weight is 263 g/mol. The fraction of sp³-hybridized carbons (Fsp3) is 0.636. The molecule has 1 heterocycles. The molecule has 1 rings (SSSR count). The van der Waals surface area contributed by atoms with E-state index < -0.39 is 19.2 Å². The Balaban J connectivity index is 2.36. The van der Waals surface area contributed by atoms with Gasteiger partial charge in [0.1, 0.15) is 0 Å². The normalized spacial score (nSPS) is 11.9. The summed E-state index contributed by atoms with van der Waals surface area (Å²) in [6.45, 7) is 4.12. The van der Waals surface area contributed by atoms with E-state index in [1.165, 1.54) is 6.07 Å². The van der Waals surface area contributed by atoms with Crippen LogP contribution in [0.15, 0.2) is 12.1 Å². The maximum atomic E-state index is 11.9. The van der Waals surface area contributed by atoms with Gasteiger partial charge in [-0.15, -0.1) is 5.10 Å². The minimum Gasteiger partial charge on any atom is -0.476 e. The molecule has 0 saturated carbocycles. The van der Waals surface area contributed by atoms with E-state index in [0.29, 0.717) is 18.3 Å². The summed E-state index contributed by atoms with van der Waals surface area (Å²) in [5, 5.41) is 10.7. The molecule has 18 heavy (non-hydrogen) atoms. The molecule has 0 saturated heterocycles. The highest BCUT2D eigenvalue weighted by Gasteiger charge is 2.26. The molecular formula is C11H16F3N3O. The lowest BCUT2D eigenvalue weighted by molar-refractivity contribution is -0.139. The molecule has 0 aromatic carbocycles. The van der Waals surface area contributed by atoms with Crippen LogP contribution in [-0.2, 0) is 6.54 Å². The monoisotopic (exact) mass is 263 g/mol. The van der Waals surface area contributed by atoms with E-state index >= 15 is 0 Å². The summed E-state index contributed by atoms with van der Waals surface area (Å²) in [4.78, 5) is 0. The second kappa shape index (κ2) is 6.53. The summed E-state index contributed by atoms with van der Waals surface area (Å²) in [5.74, 6) is 0.104. The SMILES string of the molecule is CC(C)NCc1ccc(OCCC(F)(F)F)nn1. The largest absolute Gasteiger partial charge is 0.476 e. The first-order valence-electron chi connectivity index (χ1n) is 5.62. The van der Waals surface area contributed by atoms with Gasteiger partial charge < -0.3 is 10.1 Å². The third kappa shape index (κ3) is 6.39. The molecule has 0 radical (unpaired) electrons. The van der Waals surface area contributed by atoms with Crippen LogP contribution in [0.2, 0.25) is 0 Å². The number of nitrogens with one attached hydrogen (secondary N) is 1. The van der Waals surface area contributed by atoms with Crippen molar-refractivity contribution in [1.29, 1.82) is 0 Å². The van der Waals surface area contributed by atoms with E-state index in [1.54, 1.807) is 6.07 Å². The molecule has 0 unspecified atom stereocenters. The van der Waals surface area contributed by atoms with Gasteiger partial charge in [-0.05, 0) is 6.07 Å². The Bertz CT molecular complexity index is 352. The van der Waals surface area contributed by atoms with Crippen molar-refractivity contribution in [3.63, 3.8) is 0 Å². The molecular weight excluding hydrogens is 247 g/mol. The molecule has 1 aromatic heterocycles. The molecule has 0 atom stereocenters. The maximum absolute atomic E-state index is 11.9. The molecule has 7 heteroatoms. The molecule has 0 fully saturated rings. The molecule has 1 aromatic rings. The third-order valence-electron chi connectivity index (χ3n) is 2.02. The van der Waals surface area contributed by atoms with E-state index in [-0.39, 0.29) is 5.88 Å². The van der Waals surface area contributed by atoms with E-state index in [0.717, 1.165) is 0 Å². The van der Waals surface area contributed by atoms with Crippen LogP contribution in [0.4, 0.5) is 13.2 Å². The first-order chi connectivity index (χ1) is 8.37. The molecule has 0 aliphatic rings.